The first-order valence-electron chi connectivity index (χ1n) is 6.66. The van der Waals surface area contributed by atoms with Gasteiger partial charge < -0.3 is 14.7 Å². The number of aromatic nitrogens is 1. The highest BCUT2D eigenvalue weighted by Gasteiger charge is 2.22. The monoisotopic (exact) mass is 251 g/mol. The van der Waals surface area contributed by atoms with Gasteiger partial charge in [-0.1, -0.05) is 11.6 Å². The molecule has 1 aliphatic rings. The zero-order valence-corrected chi connectivity index (χ0v) is 11.1. The van der Waals surface area contributed by atoms with Crippen LogP contribution < -0.4 is 5.32 Å². The number of nitrogens with zero attached hydrogens (tertiary/aromatic N) is 2. The summed E-state index contributed by atoms with van der Waals surface area (Å²) < 4.78 is 4.96. The summed E-state index contributed by atoms with van der Waals surface area (Å²) in [6.45, 7) is 6.31. The predicted molar refractivity (Wildman–Crippen MR) is 68.5 cm³/mol. The Bertz CT molecular complexity index is 397. The Hall–Kier alpha value is -1.36. The maximum atomic E-state index is 12.3. The van der Waals surface area contributed by atoms with Gasteiger partial charge in [-0.2, -0.15) is 0 Å². The highest BCUT2D eigenvalue weighted by Crippen LogP contribution is 2.13. The van der Waals surface area contributed by atoms with Crippen LogP contribution in [0.4, 0.5) is 0 Å². The molecule has 18 heavy (non-hydrogen) atoms. The summed E-state index contributed by atoms with van der Waals surface area (Å²) in [7, 11) is 0. The van der Waals surface area contributed by atoms with E-state index >= 15 is 0 Å². The summed E-state index contributed by atoms with van der Waals surface area (Å²) in [5.74, 6) is 0.610. The van der Waals surface area contributed by atoms with Crippen LogP contribution in [0.5, 0.6) is 0 Å². The Labute approximate surface area is 108 Å². The van der Waals surface area contributed by atoms with Crippen LogP contribution in [0.2, 0.25) is 0 Å². The van der Waals surface area contributed by atoms with Crippen LogP contribution in [0.1, 0.15) is 42.3 Å². The van der Waals surface area contributed by atoms with E-state index in [-0.39, 0.29) is 5.91 Å². The molecule has 2 rings (SSSR count). The van der Waals surface area contributed by atoms with Gasteiger partial charge in [0.05, 0.1) is 6.20 Å². The molecular weight excluding hydrogens is 230 g/mol. The lowest BCUT2D eigenvalue weighted by Gasteiger charge is -2.29. The zero-order chi connectivity index (χ0) is 13.0. The van der Waals surface area contributed by atoms with Gasteiger partial charge in [-0.3, -0.25) is 4.79 Å². The van der Waals surface area contributed by atoms with Gasteiger partial charge in [0, 0.05) is 19.1 Å². The molecule has 1 aliphatic heterocycles. The number of aryl methyl sites for hydroxylation is 1. The van der Waals surface area contributed by atoms with Crippen molar-refractivity contribution in [2.24, 2.45) is 0 Å². The minimum absolute atomic E-state index is 0.0172. The number of nitrogens with one attached hydrogen (secondary N) is 1. The smallest absolute Gasteiger partial charge is 0.259 e. The molecule has 1 aromatic rings. The maximum Gasteiger partial charge on any atom is 0.259 e. The van der Waals surface area contributed by atoms with E-state index < -0.39 is 0 Å². The molecule has 0 bridgehead atoms. The average Bonchev–Trinajstić information content (AvgIpc) is 2.82. The molecule has 0 aromatic carbocycles. The molecule has 0 saturated carbocycles. The number of amides is 1. The third-order valence-electron chi connectivity index (χ3n) is 3.50. The number of piperidine rings is 1. The number of hydrogen-bond acceptors (Lipinski definition) is 4. The number of carbonyl (C=O) groups is 1. The fraction of sp³-hybridized carbons (Fsp3) is 0.692. The standard InChI is InChI=1S/C13H21N3O2/c1-3-16(9-11-6-4-5-7-14-11)13(17)12-8-15-18-10(12)2/h8,11,14H,3-7,9H2,1-2H3. The van der Waals surface area contributed by atoms with Crippen LogP contribution in [-0.2, 0) is 0 Å². The Morgan fingerprint density at radius 3 is 3.00 bits per heavy atom. The zero-order valence-electron chi connectivity index (χ0n) is 11.1. The molecule has 1 amide bonds. The number of carbonyl (C=O) groups excluding carboxylic acids is 1. The van der Waals surface area contributed by atoms with Crippen LogP contribution >= 0.6 is 0 Å². The minimum atomic E-state index is 0.0172. The normalized spacial score (nSPS) is 19.8. The molecular formula is C13H21N3O2. The van der Waals surface area contributed by atoms with Crippen molar-refractivity contribution >= 4 is 5.91 Å². The van der Waals surface area contributed by atoms with E-state index in [2.05, 4.69) is 10.5 Å². The van der Waals surface area contributed by atoms with Crippen molar-refractivity contribution in [2.45, 2.75) is 39.2 Å². The molecule has 0 spiro atoms. The van der Waals surface area contributed by atoms with E-state index in [1.807, 2.05) is 11.8 Å². The van der Waals surface area contributed by atoms with Gasteiger partial charge in [-0.05, 0) is 33.2 Å². The van der Waals surface area contributed by atoms with E-state index in [1.165, 1.54) is 19.0 Å². The van der Waals surface area contributed by atoms with Crippen LogP contribution in [0.25, 0.3) is 0 Å². The molecule has 2 heterocycles. The topological polar surface area (TPSA) is 58.4 Å². The van der Waals surface area contributed by atoms with Crippen LogP contribution in [0, 0.1) is 6.92 Å². The predicted octanol–water partition coefficient (Wildman–Crippen LogP) is 1.59. The van der Waals surface area contributed by atoms with Crippen molar-refractivity contribution < 1.29 is 9.32 Å². The molecule has 1 unspecified atom stereocenters. The molecule has 1 aromatic heterocycles. The third kappa shape index (κ3) is 2.90. The maximum absolute atomic E-state index is 12.3. The molecule has 1 atom stereocenters. The number of rotatable bonds is 4. The highest BCUT2D eigenvalue weighted by molar-refractivity contribution is 5.94. The van der Waals surface area contributed by atoms with Crippen LogP contribution in [0.15, 0.2) is 10.7 Å². The van der Waals surface area contributed by atoms with Crippen LogP contribution in [-0.4, -0.2) is 41.6 Å². The number of likely N-dealkylation sites (N-methyl/N-ethyl adjacent to an activating group) is 1. The van der Waals surface area contributed by atoms with Crippen molar-refractivity contribution in [3.8, 4) is 0 Å². The van der Waals surface area contributed by atoms with Gasteiger partial charge in [0.25, 0.3) is 5.91 Å². The van der Waals surface area contributed by atoms with Crippen LogP contribution in [0.3, 0.4) is 0 Å². The molecule has 1 saturated heterocycles. The van der Waals surface area contributed by atoms with Gasteiger partial charge >= 0.3 is 0 Å². The van der Waals surface area contributed by atoms with Gasteiger partial charge in [-0.25, -0.2) is 0 Å². The molecule has 1 N–H and O–H groups in total. The third-order valence-corrected chi connectivity index (χ3v) is 3.50. The summed E-state index contributed by atoms with van der Waals surface area (Å²) in [6.07, 6.45) is 5.14. The minimum Gasteiger partial charge on any atom is -0.361 e. The van der Waals surface area contributed by atoms with Crippen molar-refractivity contribution in [2.75, 3.05) is 19.6 Å². The first-order chi connectivity index (χ1) is 8.72. The van der Waals surface area contributed by atoms with Crippen molar-refractivity contribution in [3.05, 3.63) is 17.5 Å². The first kappa shape index (κ1) is 13.1. The molecule has 5 nitrogen and oxygen atoms in total. The lowest BCUT2D eigenvalue weighted by Crippen LogP contribution is -2.45. The van der Waals surface area contributed by atoms with E-state index in [1.54, 1.807) is 6.92 Å². The Kier molecular flexibility index (Phi) is 4.36. The quantitative estimate of drug-likeness (QED) is 0.882. The Morgan fingerprint density at radius 1 is 1.61 bits per heavy atom. The van der Waals surface area contributed by atoms with Crippen molar-refractivity contribution in [3.63, 3.8) is 0 Å². The molecule has 5 heteroatoms. The second kappa shape index (κ2) is 6.00. The SMILES string of the molecule is CCN(CC1CCCCN1)C(=O)c1cnoc1C. The molecule has 0 aliphatic carbocycles. The van der Waals surface area contributed by atoms with Gasteiger partial charge in [0.1, 0.15) is 11.3 Å². The van der Waals surface area contributed by atoms with E-state index in [4.69, 9.17) is 4.52 Å². The van der Waals surface area contributed by atoms with E-state index in [0.29, 0.717) is 23.9 Å². The van der Waals surface area contributed by atoms with E-state index in [9.17, 15) is 4.79 Å². The molecule has 1 fully saturated rings. The fourth-order valence-corrected chi connectivity index (χ4v) is 2.38. The lowest BCUT2D eigenvalue weighted by atomic mass is 10.0. The Morgan fingerprint density at radius 2 is 2.44 bits per heavy atom. The summed E-state index contributed by atoms with van der Waals surface area (Å²) in [5, 5.41) is 7.13. The fourth-order valence-electron chi connectivity index (χ4n) is 2.38. The largest absolute Gasteiger partial charge is 0.361 e. The van der Waals surface area contributed by atoms with Crippen molar-refractivity contribution in [1.82, 2.24) is 15.4 Å². The van der Waals surface area contributed by atoms with Crippen molar-refractivity contribution in [1.29, 1.82) is 0 Å². The number of hydrogen-bond donors (Lipinski definition) is 1. The van der Waals surface area contributed by atoms with Gasteiger partial charge in [0.15, 0.2) is 0 Å². The lowest BCUT2D eigenvalue weighted by molar-refractivity contribution is 0.0739. The average molecular weight is 251 g/mol. The summed E-state index contributed by atoms with van der Waals surface area (Å²) in [5.41, 5.74) is 0.577. The highest BCUT2D eigenvalue weighted by atomic mass is 16.5. The van der Waals surface area contributed by atoms with Gasteiger partial charge in [0.2, 0.25) is 0 Å². The second-order valence-corrected chi connectivity index (χ2v) is 4.79. The second-order valence-electron chi connectivity index (χ2n) is 4.79. The summed E-state index contributed by atoms with van der Waals surface area (Å²) in [4.78, 5) is 14.2. The molecule has 100 valence electrons. The summed E-state index contributed by atoms with van der Waals surface area (Å²) >= 11 is 0. The van der Waals surface area contributed by atoms with E-state index in [0.717, 1.165) is 19.5 Å². The van der Waals surface area contributed by atoms with Gasteiger partial charge in [-0.15, -0.1) is 0 Å². The summed E-state index contributed by atoms with van der Waals surface area (Å²) in [6, 6.07) is 0.419. The molecule has 0 radical (unpaired) electrons. The first-order valence-corrected chi connectivity index (χ1v) is 6.66. The Balaban J connectivity index is 1.99.